The lowest BCUT2D eigenvalue weighted by Crippen LogP contribution is -2.25. The van der Waals surface area contributed by atoms with Crippen molar-refractivity contribution in [1.29, 1.82) is 0 Å². The van der Waals surface area contributed by atoms with Crippen molar-refractivity contribution in [1.82, 2.24) is 9.27 Å². The maximum absolute atomic E-state index is 6.02. The molecule has 0 saturated carbocycles. The van der Waals surface area contributed by atoms with Crippen LogP contribution >= 0.6 is 11.5 Å². The molecule has 0 aliphatic heterocycles. The number of hydrogen-bond donors (Lipinski definition) is 2. The molecule has 0 unspecified atom stereocenters. The van der Waals surface area contributed by atoms with Crippen LogP contribution in [0.15, 0.2) is 30.3 Å². The number of aromatic nitrogens is 1. The molecule has 0 atom stereocenters. The lowest BCUT2D eigenvalue weighted by molar-refractivity contribution is 0.303. The third-order valence-electron chi connectivity index (χ3n) is 3.61. The number of nitrogen functional groups attached to an aromatic ring is 1. The second-order valence-electron chi connectivity index (χ2n) is 4.95. The van der Waals surface area contributed by atoms with Crippen LogP contribution in [0, 0.1) is 0 Å². The fraction of sp³-hybridized carbons (Fsp3) is 0.438. The molecule has 0 radical (unpaired) electrons. The minimum Gasteiger partial charge on any atom is -0.382 e. The molecule has 3 N–H and O–H groups in total. The van der Waals surface area contributed by atoms with E-state index >= 15 is 0 Å². The molecular weight excluding hydrogens is 280 g/mol. The number of nitrogens with zero attached hydrogens (tertiary/aromatic N) is 2. The Kier molecular flexibility index (Phi) is 6.02. The van der Waals surface area contributed by atoms with Crippen LogP contribution in [0.3, 0.4) is 0 Å². The van der Waals surface area contributed by atoms with Crippen molar-refractivity contribution >= 4 is 22.4 Å². The highest BCUT2D eigenvalue weighted by molar-refractivity contribution is 7.11. The third kappa shape index (κ3) is 4.19. The number of anilines is 2. The van der Waals surface area contributed by atoms with Gasteiger partial charge < -0.3 is 16.0 Å². The Balaban J connectivity index is 1.96. The van der Waals surface area contributed by atoms with E-state index in [1.807, 2.05) is 18.2 Å². The van der Waals surface area contributed by atoms with Gasteiger partial charge in [0.2, 0.25) is 0 Å². The number of rotatable bonds is 8. The van der Waals surface area contributed by atoms with Gasteiger partial charge in [0.15, 0.2) is 0 Å². The van der Waals surface area contributed by atoms with E-state index in [4.69, 9.17) is 5.73 Å². The largest absolute Gasteiger partial charge is 0.382 e. The number of nitrogens with two attached hydrogens (primary N) is 1. The fourth-order valence-corrected chi connectivity index (χ4v) is 3.11. The van der Waals surface area contributed by atoms with Crippen LogP contribution in [0.1, 0.15) is 20.3 Å². The molecule has 0 fully saturated rings. The summed E-state index contributed by atoms with van der Waals surface area (Å²) < 4.78 is 4.29. The highest BCUT2D eigenvalue weighted by Crippen LogP contribution is 2.36. The molecule has 21 heavy (non-hydrogen) atoms. The third-order valence-corrected chi connectivity index (χ3v) is 4.43. The Labute approximate surface area is 131 Å². The zero-order chi connectivity index (χ0) is 15.1. The molecule has 1 aromatic heterocycles. The Morgan fingerprint density at radius 3 is 2.57 bits per heavy atom. The van der Waals surface area contributed by atoms with Crippen molar-refractivity contribution in [2.45, 2.75) is 20.3 Å². The smallest absolute Gasteiger partial charge is 0.147 e. The zero-order valence-corrected chi connectivity index (χ0v) is 13.6. The van der Waals surface area contributed by atoms with Gasteiger partial charge in [0.25, 0.3) is 0 Å². The summed E-state index contributed by atoms with van der Waals surface area (Å²) in [5.74, 6) is 0.609. The predicted molar refractivity (Wildman–Crippen MR) is 92.9 cm³/mol. The van der Waals surface area contributed by atoms with Crippen LogP contribution in [0.25, 0.3) is 11.1 Å². The van der Waals surface area contributed by atoms with Crippen LogP contribution in [-0.4, -0.2) is 35.5 Å². The summed E-state index contributed by atoms with van der Waals surface area (Å²) in [4.78, 5) is 2.43. The normalized spacial score (nSPS) is 11.0. The quantitative estimate of drug-likeness (QED) is 0.733. The van der Waals surface area contributed by atoms with Gasteiger partial charge in [-0.2, -0.15) is 4.37 Å². The van der Waals surface area contributed by atoms with Crippen LogP contribution in [0.2, 0.25) is 0 Å². The number of hydrogen-bond acceptors (Lipinski definition) is 5. The van der Waals surface area contributed by atoms with E-state index in [2.05, 4.69) is 40.6 Å². The van der Waals surface area contributed by atoms with E-state index in [9.17, 15) is 0 Å². The highest BCUT2D eigenvalue weighted by atomic mass is 32.1. The molecular formula is C16H24N4S. The Hall–Kier alpha value is -1.59. The maximum atomic E-state index is 6.02. The van der Waals surface area contributed by atoms with Crippen molar-refractivity contribution in [3.05, 3.63) is 30.3 Å². The van der Waals surface area contributed by atoms with Gasteiger partial charge in [-0.15, -0.1) is 0 Å². The number of benzene rings is 1. The first kappa shape index (κ1) is 15.8. The van der Waals surface area contributed by atoms with Crippen molar-refractivity contribution < 1.29 is 0 Å². The second kappa shape index (κ2) is 8.00. The summed E-state index contributed by atoms with van der Waals surface area (Å²) in [5, 5.41) is 4.55. The maximum Gasteiger partial charge on any atom is 0.147 e. The average molecular weight is 304 g/mol. The van der Waals surface area contributed by atoms with Crippen molar-refractivity contribution in [3.63, 3.8) is 0 Å². The van der Waals surface area contributed by atoms with E-state index < -0.39 is 0 Å². The molecule has 4 nitrogen and oxygen atoms in total. The van der Waals surface area contributed by atoms with Gasteiger partial charge in [-0.05, 0) is 43.2 Å². The fourth-order valence-electron chi connectivity index (χ4n) is 2.35. The van der Waals surface area contributed by atoms with Gasteiger partial charge in [0.1, 0.15) is 10.8 Å². The summed E-state index contributed by atoms with van der Waals surface area (Å²) in [6.07, 6.45) is 1.12. The molecule has 114 valence electrons. The van der Waals surface area contributed by atoms with E-state index in [1.54, 1.807) is 0 Å². The van der Waals surface area contributed by atoms with Gasteiger partial charge in [-0.3, -0.25) is 0 Å². The van der Waals surface area contributed by atoms with Crippen molar-refractivity contribution in [2.24, 2.45) is 0 Å². The van der Waals surface area contributed by atoms with Gasteiger partial charge in [0, 0.05) is 6.54 Å². The molecule has 0 saturated heterocycles. The Morgan fingerprint density at radius 1 is 1.19 bits per heavy atom. The predicted octanol–water partition coefficient (Wildman–Crippen LogP) is 3.54. The van der Waals surface area contributed by atoms with Crippen molar-refractivity contribution in [3.8, 4) is 11.1 Å². The van der Waals surface area contributed by atoms with Crippen molar-refractivity contribution in [2.75, 3.05) is 37.2 Å². The minimum absolute atomic E-state index is 0.609. The monoisotopic (exact) mass is 304 g/mol. The molecule has 1 aromatic carbocycles. The topological polar surface area (TPSA) is 54.2 Å². The van der Waals surface area contributed by atoms with E-state index in [-0.39, 0.29) is 0 Å². The Morgan fingerprint density at radius 2 is 1.90 bits per heavy atom. The molecule has 0 aliphatic rings. The molecule has 5 heteroatoms. The molecule has 1 heterocycles. The van der Waals surface area contributed by atoms with E-state index in [0.29, 0.717) is 5.82 Å². The SMILES string of the molecule is CCN(CC)CCCNc1snc(N)c1-c1ccccc1. The highest BCUT2D eigenvalue weighted by Gasteiger charge is 2.12. The van der Waals surface area contributed by atoms with E-state index in [0.717, 1.165) is 48.7 Å². The van der Waals surface area contributed by atoms with Gasteiger partial charge >= 0.3 is 0 Å². The lowest BCUT2D eigenvalue weighted by atomic mass is 10.1. The first-order valence-corrected chi connectivity index (χ1v) is 8.30. The molecule has 2 aromatic rings. The summed E-state index contributed by atoms with van der Waals surface area (Å²) >= 11 is 1.44. The molecule has 0 aliphatic carbocycles. The van der Waals surface area contributed by atoms with Crippen LogP contribution in [0.4, 0.5) is 10.8 Å². The first-order valence-electron chi connectivity index (χ1n) is 7.53. The van der Waals surface area contributed by atoms with Crippen LogP contribution in [0.5, 0.6) is 0 Å². The zero-order valence-electron chi connectivity index (χ0n) is 12.8. The Bertz CT molecular complexity index is 534. The summed E-state index contributed by atoms with van der Waals surface area (Å²) in [6.45, 7) is 8.69. The second-order valence-corrected chi connectivity index (χ2v) is 5.72. The standard InChI is InChI=1S/C16H24N4S/c1-3-20(4-2)12-8-11-18-16-14(15(17)19-21-16)13-9-6-5-7-10-13/h5-7,9-10,18H,3-4,8,11-12H2,1-2H3,(H2,17,19). The van der Waals surface area contributed by atoms with Gasteiger partial charge in [-0.1, -0.05) is 44.2 Å². The molecule has 0 amide bonds. The summed E-state index contributed by atoms with van der Waals surface area (Å²) in [5.41, 5.74) is 8.17. The summed E-state index contributed by atoms with van der Waals surface area (Å²) in [6, 6.07) is 10.2. The summed E-state index contributed by atoms with van der Waals surface area (Å²) in [7, 11) is 0. The van der Waals surface area contributed by atoms with Gasteiger partial charge in [0.05, 0.1) is 5.56 Å². The minimum atomic E-state index is 0.609. The van der Waals surface area contributed by atoms with Gasteiger partial charge in [-0.25, -0.2) is 0 Å². The lowest BCUT2D eigenvalue weighted by Gasteiger charge is -2.17. The van der Waals surface area contributed by atoms with E-state index in [1.165, 1.54) is 11.5 Å². The van der Waals surface area contributed by atoms with Crippen LogP contribution in [-0.2, 0) is 0 Å². The average Bonchev–Trinajstić information content (AvgIpc) is 2.89. The first-order chi connectivity index (χ1) is 10.3. The molecule has 0 bridgehead atoms. The molecule has 2 rings (SSSR count). The molecule has 0 spiro atoms. The van der Waals surface area contributed by atoms with Crippen LogP contribution < -0.4 is 11.1 Å². The number of nitrogens with one attached hydrogen (secondary N) is 1.